The lowest BCUT2D eigenvalue weighted by Crippen LogP contribution is -2.55. The second kappa shape index (κ2) is 4.53. The number of nitrogens with zero attached hydrogens (tertiary/aromatic N) is 2. The summed E-state index contributed by atoms with van der Waals surface area (Å²) in [6, 6.07) is 0. The van der Waals surface area contributed by atoms with Crippen LogP contribution in [0.2, 0.25) is 0 Å². The van der Waals surface area contributed by atoms with Gasteiger partial charge < -0.3 is 10.0 Å². The van der Waals surface area contributed by atoms with E-state index in [1.807, 2.05) is 4.90 Å². The van der Waals surface area contributed by atoms with Crippen molar-refractivity contribution in [2.75, 3.05) is 26.2 Å². The van der Waals surface area contributed by atoms with E-state index in [2.05, 4.69) is 25.7 Å². The Morgan fingerprint density at radius 3 is 2.00 bits per heavy atom. The quantitative estimate of drug-likeness (QED) is 0.786. The summed E-state index contributed by atoms with van der Waals surface area (Å²) in [4.78, 5) is 27.0. The first-order valence-corrected chi connectivity index (χ1v) is 6.57. The average molecular weight is 254 g/mol. The lowest BCUT2D eigenvalue weighted by Gasteiger charge is -2.42. The van der Waals surface area contributed by atoms with E-state index in [9.17, 15) is 9.59 Å². The Bertz CT molecular complexity index is 354. The molecule has 0 aromatic heterocycles. The van der Waals surface area contributed by atoms with Gasteiger partial charge in [-0.15, -0.1) is 0 Å². The molecule has 2 atom stereocenters. The lowest BCUT2D eigenvalue weighted by atomic mass is 10.0. The SMILES string of the molecule is CC(C)(C)N1CCN(C(=O)[C@@H]2C[C@@H]2C(=O)O)CC1. The Labute approximate surface area is 108 Å². The van der Waals surface area contributed by atoms with Crippen molar-refractivity contribution in [3.63, 3.8) is 0 Å². The summed E-state index contributed by atoms with van der Waals surface area (Å²) in [7, 11) is 0. The molecule has 1 amide bonds. The summed E-state index contributed by atoms with van der Waals surface area (Å²) in [5.41, 5.74) is 0.137. The number of carbonyl (C=O) groups is 2. The third kappa shape index (κ3) is 2.66. The van der Waals surface area contributed by atoms with Crippen LogP contribution < -0.4 is 0 Å². The van der Waals surface area contributed by atoms with Gasteiger partial charge in [0.15, 0.2) is 0 Å². The van der Waals surface area contributed by atoms with Crippen molar-refractivity contribution in [3.8, 4) is 0 Å². The number of carboxylic acid groups (broad SMARTS) is 1. The topological polar surface area (TPSA) is 60.9 Å². The van der Waals surface area contributed by atoms with Crippen molar-refractivity contribution in [1.82, 2.24) is 9.80 Å². The van der Waals surface area contributed by atoms with Crippen LogP contribution in [0.1, 0.15) is 27.2 Å². The predicted octanol–water partition coefficient (Wildman–Crippen LogP) is 0.650. The Morgan fingerprint density at radius 1 is 1.06 bits per heavy atom. The molecule has 0 unspecified atom stereocenters. The summed E-state index contributed by atoms with van der Waals surface area (Å²) in [5, 5.41) is 8.84. The third-order valence-electron chi connectivity index (χ3n) is 3.96. The molecule has 5 nitrogen and oxygen atoms in total. The van der Waals surface area contributed by atoms with Crippen LogP contribution in [0.25, 0.3) is 0 Å². The molecular formula is C13H22N2O3. The molecular weight excluding hydrogens is 232 g/mol. The van der Waals surface area contributed by atoms with E-state index >= 15 is 0 Å². The fourth-order valence-electron chi connectivity index (χ4n) is 2.57. The molecule has 1 saturated heterocycles. The normalized spacial score (nSPS) is 29.2. The number of carbonyl (C=O) groups excluding carboxylic acids is 1. The van der Waals surface area contributed by atoms with Gasteiger partial charge in [0.25, 0.3) is 0 Å². The van der Waals surface area contributed by atoms with Gasteiger partial charge in [0.05, 0.1) is 11.8 Å². The zero-order valence-electron chi connectivity index (χ0n) is 11.3. The first-order chi connectivity index (χ1) is 8.30. The molecule has 102 valence electrons. The third-order valence-corrected chi connectivity index (χ3v) is 3.96. The molecule has 0 radical (unpaired) electrons. The fraction of sp³-hybridized carbons (Fsp3) is 0.846. The minimum absolute atomic E-state index is 0.0379. The highest BCUT2D eigenvalue weighted by Crippen LogP contribution is 2.40. The molecule has 2 rings (SSSR count). The molecule has 1 saturated carbocycles. The molecule has 1 N–H and O–H groups in total. The van der Waals surface area contributed by atoms with E-state index in [1.165, 1.54) is 0 Å². The summed E-state index contributed by atoms with van der Waals surface area (Å²) >= 11 is 0. The first kappa shape index (κ1) is 13.3. The van der Waals surface area contributed by atoms with Gasteiger partial charge in [-0.25, -0.2) is 0 Å². The number of carboxylic acids is 1. The van der Waals surface area contributed by atoms with Gasteiger partial charge in [-0.05, 0) is 27.2 Å². The van der Waals surface area contributed by atoms with Gasteiger partial charge in [-0.3, -0.25) is 14.5 Å². The van der Waals surface area contributed by atoms with Gasteiger partial charge in [-0.2, -0.15) is 0 Å². The van der Waals surface area contributed by atoms with Gasteiger partial charge >= 0.3 is 5.97 Å². The molecule has 1 aliphatic carbocycles. The highest BCUT2D eigenvalue weighted by atomic mass is 16.4. The van der Waals surface area contributed by atoms with E-state index in [4.69, 9.17) is 5.11 Å². The van der Waals surface area contributed by atoms with Crippen LogP contribution in [0, 0.1) is 11.8 Å². The lowest BCUT2D eigenvalue weighted by molar-refractivity contribution is -0.142. The summed E-state index contributed by atoms with van der Waals surface area (Å²) < 4.78 is 0. The van der Waals surface area contributed by atoms with Crippen LogP contribution in [0.15, 0.2) is 0 Å². The largest absolute Gasteiger partial charge is 0.481 e. The molecule has 1 aliphatic heterocycles. The van der Waals surface area contributed by atoms with Crippen molar-refractivity contribution in [1.29, 1.82) is 0 Å². The highest BCUT2D eigenvalue weighted by molar-refractivity contribution is 5.89. The van der Waals surface area contributed by atoms with E-state index < -0.39 is 11.9 Å². The fourth-order valence-corrected chi connectivity index (χ4v) is 2.57. The van der Waals surface area contributed by atoms with E-state index in [-0.39, 0.29) is 17.4 Å². The molecule has 2 fully saturated rings. The van der Waals surface area contributed by atoms with Gasteiger partial charge in [-0.1, -0.05) is 0 Å². The molecule has 0 bridgehead atoms. The minimum atomic E-state index is -0.832. The monoisotopic (exact) mass is 254 g/mol. The zero-order chi connectivity index (χ0) is 13.5. The van der Waals surface area contributed by atoms with Crippen molar-refractivity contribution in [2.24, 2.45) is 11.8 Å². The van der Waals surface area contributed by atoms with E-state index in [0.29, 0.717) is 6.42 Å². The van der Waals surface area contributed by atoms with Gasteiger partial charge in [0.1, 0.15) is 0 Å². The summed E-state index contributed by atoms with van der Waals surface area (Å²) in [5.74, 6) is -1.49. The van der Waals surface area contributed by atoms with Crippen LogP contribution >= 0.6 is 0 Å². The Hall–Kier alpha value is -1.10. The molecule has 2 aliphatic rings. The standard InChI is InChI=1S/C13H22N2O3/c1-13(2,3)15-6-4-14(5-7-15)11(16)9-8-10(9)12(17)18/h9-10H,4-8H2,1-3H3,(H,17,18)/t9-,10+/m1/s1. The zero-order valence-corrected chi connectivity index (χ0v) is 11.3. The molecule has 5 heteroatoms. The van der Waals surface area contributed by atoms with E-state index in [0.717, 1.165) is 26.2 Å². The number of rotatable bonds is 2. The Kier molecular flexibility index (Phi) is 3.36. The molecule has 0 aromatic carbocycles. The van der Waals surface area contributed by atoms with Crippen LogP contribution in [-0.2, 0) is 9.59 Å². The highest BCUT2D eigenvalue weighted by Gasteiger charge is 2.50. The molecule has 18 heavy (non-hydrogen) atoms. The van der Waals surface area contributed by atoms with Crippen molar-refractivity contribution in [2.45, 2.75) is 32.7 Å². The van der Waals surface area contributed by atoms with Crippen molar-refractivity contribution < 1.29 is 14.7 Å². The molecule has 0 aromatic rings. The smallest absolute Gasteiger partial charge is 0.307 e. The van der Waals surface area contributed by atoms with E-state index in [1.54, 1.807) is 0 Å². The van der Waals surface area contributed by atoms with Crippen LogP contribution in [0.4, 0.5) is 0 Å². The van der Waals surface area contributed by atoms with Crippen LogP contribution in [0.5, 0.6) is 0 Å². The predicted molar refractivity (Wildman–Crippen MR) is 67.1 cm³/mol. The van der Waals surface area contributed by atoms with Gasteiger partial charge in [0, 0.05) is 31.7 Å². The maximum atomic E-state index is 12.1. The summed E-state index contributed by atoms with van der Waals surface area (Å²) in [6.07, 6.45) is 0.521. The van der Waals surface area contributed by atoms with Crippen molar-refractivity contribution >= 4 is 11.9 Å². The number of piperazine rings is 1. The minimum Gasteiger partial charge on any atom is -0.481 e. The first-order valence-electron chi connectivity index (χ1n) is 6.57. The average Bonchev–Trinajstić information content (AvgIpc) is 3.07. The summed E-state index contributed by atoms with van der Waals surface area (Å²) in [6.45, 7) is 9.71. The van der Waals surface area contributed by atoms with Gasteiger partial charge in [0.2, 0.25) is 5.91 Å². The number of aliphatic carboxylic acids is 1. The Morgan fingerprint density at radius 2 is 1.61 bits per heavy atom. The molecule has 1 heterocycles. The maximum absolute atomic E-state index is 12.1. The van der Waals surface area contributed by atoms with Crippen molar-refractivity contribution in [3.05, 3.63) is 0 Å². The molecule has 0 spiro atoms. The maximum Gasteiger partial charge on any atom is 0.307 e. The number of hydrogen-bond donors (Lipinski definition) is 1. The van der Waals surface area contributed by atoms with Crippen LogP contribution in [0.3, 0.4) is 0 Å². The number of hydrogen-bond acceptors (Lipinski definition) is 3. The van der Waals surface area contributed by atoms with Crippen LogP contribution in [-0.4, -0.2) is 58.5 Å². The second-order valence-electron chi connectivity index (χ2n) is 6.27. The number of amides is 1. The Balaban J connectivity index is 1.84. The second-order valence-corrected chi connectivity index (χ2v) is 6.27.